The van der Waals surface area contributed by atoms with E-state index in [-0.39, 0.29) is 23.1 Å². The van der Waals surface area contributed by atoms with E-state index in [0.717, 1.165) is 6.07 Å². The van der Waals surface area contributed by atoms with Crippen LogP contribution in [0.2, 0.25) is 0 Å². The molecule has 0 bridgehead atoms. The van der Waals surface area contributed by atoms with E-state index in [2.05, 4.69) is 4.72 Å². The molecule has 0 spiro atoms. The van der Waals surface area contributed by atoms with Gasteiger partial charge in [0.1, 0.15) is 5.69 Å². The number of hydrogen-bond donors (Lipinski definition) is 2. The highest BCUT2D eigenvalue weighted by molar-refractivity contribution is 7.89. The van der Waals surface area contributed by atoms with Crippen LogP contribution in [-0.4, -0.2) is 33.1 Å². The van der Waals surface area contributed by atoms with Crippen LogP contribution in [0.4, 0.5) is 11.4 Å². The summed E-state index contributed by atoms with van der Waals surface area (Å²) in [6.45, 7) is 3.89. The minimum Gasteiger partial charge on any atom is -0.393 e. The molecule has 0 fully saturated rings. The lowest BCUT2D eigenvalue weighted by Crippen LogP contribution is -2.41. The van der Waals surface area contributed by atoms with Crippen LogP contribution in [0, 0.1) is 16.0 Å². The number of methoxy groups -OCH3 is 1. The minimum atomic E-state index is -3.89. The quantitative estimate of drug-likeness (QED) is 0.441. The van der Waals surface area contributed by atoms with E-state index in [4.69, 9.17) is 10.5 Å². The van der Waals surface area contributed by atoms with Gasteiger partial charge in [-0.15, -0.1) is 0 Å². The van der Waals surface area contributed by atoms with Gasteiger partial charge in [0.05, 0.1) is 16.4 Å². The van der Waals surface area contributed by atoms with Crippen LogP contribution < -0.4 is 10.5 Å². The predicted molar refractivity (Wildman–Crippen MR) is 78.3 cm³/mol. The molecule has 0 saturated heterocycles. The normalized spacial score (nSPS) is 13.3. The van der Waals surface area contributed by atoms with Gasteiger partial charge in [0.15, 0.2) is 0 Å². The van der Waals surface area contributed by atoms with Gasteiger partial charge < -0.3 is 10.5 Å². The van der Waals surface area contributed by atoms with E-state index >= 15 is 0 Å². The van der Waals surface area contributed by atoms with Gasteiger partial charge >= 0.3 is 0 Å². The average molecular weight is 317 g/mol. The third-order valence-electron chi connectivity index (χ3n) is 2.97. The molecule has 21 heavy (non-hydrogen) atoms. The van der Waals surface area contributed by atoms with Gasteiger partial charge in [-0.1, -0.05) is 13.8 Å². The number of hydrogen-bond acceptors (Lipinski definition) is 6. The molecule has 9 heteroatoms. The van der Waals surface area contributed by atoms with Crippen molar-refractivity contribution in [3.63, 3.8) is 0 Å². The summed E-state index contributed by atoms with van der Waals surface area (Å²) >= 11 is 0. The molecule has 1 atom stereocenters. The van der Waals surface area contributed by atoms with E-state index in [1.165, 1.54) is 19.2 Å². The summed E-state index contributed by atoms with van der Waals surface area (Å²) in [5.74, 6) is 0.00323. The van der Waals surface area contributed by atoms with Crippen LogP contribution in [0.25, 0.3) is 0 Å². The first-order valence-electron chi connectivity index (χ1n) is 6.24. The SMILES string of the molecule is COCC(NS(=O)(=O)c1ccc(N)c([N+](=O)[O-])c1)C(C)C. The number of anilines is 1. The molecule has 0 amide bonds. The van der Waals surface area contributed by atoms with Crippen molar-refractivity contribution in [1.29, 1.82) is 0 Å². The van der Waals surface area contributed by atoms with Gasteiger partial charge in [0.2, 0.25) is 10.0 Å². The first kappa shape index (κ1) is 17.3. The number of benzene rings is 1. The molecule has 0 aliphatic rings. The fourth-order valence-corrected chi connectivity index (χ4v) is 3.05. The topological polar surface area (TPSA) is 125 Å². The van der Waals surface area contributed by atoms with Crippen molar-refractivity contribution in [2.75, 3.05) is 19.5 Å². The standard InChI is InChI=1S/C12H19N3O5S/c1-8(2)11(7-20-3)14-21(18,19)9-4-5-10(13)12(6-9)15(16)17/h4-6,8,11,14H,7,13H2,1-3H3. The Labute approximate surface area is 123 Å². The number of nitro groups is 1. The second-order valence-corrected chi connectivity index (χ2v) is 6.62. The number of sulfonamides is 1. The Morgan fingerprint density at radius 3 is 2.52 bits per heavy atom. The molecule has 1 unspecified atom stereocenters. The van der Waals surface area contributed by atoms with E-state index in [1.807, 2.05) is 13.8 Å². The third kappa shape index (κ3) is 4.38. The first-order chi connectivity index (χ1) is 9.69. The maximum atomic E-state index is 12.3. The molecule has 0 aromatic heterocycles. The summed E-state index contributed by atoms with van der Waals surface area (Å²) in [6.07, 6.45) is 0. The van der Waals surface area contributed by atoms with Crippen molar-refractivity contribution in [1.82, 2.24) is 4.72 Å². The second kappa shape index (κ2) is 6.83. The molecule has 1 aromatic carbocycles. The molecule has 1 aromatic rings. The second-order valence-electron chi connectivity index (χ2n) is 4.90. The van der Waals surface area contributed by atoms with E-state index in [0.29, 0.717) is 0 Å². The summed E-state index contributed by atoms with van der Waals surface area (Å²) < 4.78 is 32.0. The van der Waals surface area contributed by atoms with Gasteiger partial charge in [-0.2, -0.15) is 0 Å². The van der Waals surface area contributed by atoms with E-state index < -0.39 is 26.7 Å². The fraction of sp³-hybridized carbons (Fsp3) is 0.500. The summed E-state index contributed by atoms with van der Waals surface area (Å²) in [4.78, 5) is 9.90. The van der Waals surface area contributed by atoms with Crippen molar-refractivity contribution in [2.45, 2.75) is 24.8 Å². The fourth-order valence-electron chi connectivity index (χ4n) is 1.66. The van der Waals surface area contributed by atoms with Gasteiger partial charge in [-0.25, -0.2) is 13.1 Å². The molecule has 8 nitrogen and oxygen atoms in total. The van der Waals surface area contributed by atoms with Gasteiger partial charge in [0.25, 0.3) is 5.69 Å². The zero-order valence-electron chi connectivity index (χ0n) is 12.1. The molecule has 118 valence electrons. The Morgan fingerprint density at radius 2 is 2.05 bits per heavy atom. The molecule has 0 saturated carbocycles. The number of ether oxygens (including phenoxy) is 1. The zero-order chi connectivity index (χ0) is 16.2. The highest BCUT2D eigenvalue weighted by Crippen LogP contribution is 2.25. The summed E-state index contributed by atoms with van der Waals surface area (Å²) in [5, 5.41) is 10.8. The number of rotatable bonds is 7. The Morgan fingerprint density at radius 1 is 1.43 bits per heavy atom. The Balaban J connectivity index is 3.13. The Bertz CT molecular complexity index is 615. The van der Waals surface area contributed by atoms with Crippen molar-refractivity contribution < 1.29 is 18.1 Å². The summed E-state index contributed by atoms with van der Waals surface area (Å²) in [7, 11) is -2.42. The summed E-state index contributed by atoms with van der Waals surface area (Å²) in [5.41, 5.74) is 4.93. The van der Waals surface area contributed by atoms with Gasteiger partial charge in [-0.3, -0.25) is 10.1 Å². The molecule has 1 rings (SSSR count). The van der Waals surface area contributed by atoms with Crippen LogP contribution in [0.5, 0.6) is 0 Å². The molecule has 0 radical (unpaired) electrons. The lowest BCUT2D eigenvalue weighted by molar-refractivity contribution is -0.384. The molecule has 3 N–H and O–H groups in total. The molecule has 0 heterocycles. The maximum absolute atomic E-state index is 12.3. The lowest BCUT2D eigenvalue weighted by Gasteiger charge is -2.21. The number of nitrogens with zero attached hydrogens (tertiary/aromatic N) is 1. The molecule has 0 aliphatic heterocycles. The number of nitrogens with two attached hydrogens (primary N) is 1. The van der Waals surface area contributed by atoms with E-state index in [1.54, 1.807) is 0 Å². The van der Waals surface area contributed by atoms with Gasteiger partial charge in [0, 0.05) is 19.2 Å². The molecular weight excluding hydrogens is 298 g/mol. The van der Waals surface area contributed by atoms with Crippen LogP contribution in [0.1, 0.15) is 13.8 Å². The minimum absolute atomic E-state index is 0.00323. The zero-order valence-corrected chi connectivity index (χ0v) is 12.9. The Kier molecular flexibility index (Phi) is 5.64. The Hall–Kier alpha value is -1.71. The number of nitrogens with one attached hydrogen (secondary N) is 1. The van der Waals surface area contributed by atoms with Crippen molar-refractivity contribution in [2.24, 2.45) is 5.92 Å². The largest absolute Gasteiger partial charge is 0.393 e. The van der Waals surface area contributed by atoms with Crippen molar-refractivity contribution in [3.05, 3.63) is 28.3 Å². The van der Waals surface area contributed by atoms with Crippen LogP contribution >= 0.6 is 0 Å². The van der Waals surface area contributed by atoms with E-state index in [9.17, 15) is 18.5 Å². The van der Waals surface area contributed by atoms with Crippen LogP contribution in [-0.2, 0) is 14.8 Å². The summed E-state index contributed by atoms with van der Waals surface area (Å²) in [6, 6.07) is 2.95. The average Bonchev–Trinajstić information content (AvgIpc) is 2.37. The van der Waals surface area contributed by atoms with Crippen molar-refractivity contribution >= 4 is 21.4 Å². The van der Waals surface area contributed by atoms with Crippen LogP contribution in [0.3, 0.4) is 0 Å². The molecular formula is C12H19N3O5S. The van der Waals surface area contributed by atoms with Crippen LogP contribution in [0.15, 0.2) is 23.1 Å². The first-order valence-corrected chi connectivity index (χ1v) is 7.72. The lowest BCUT2D eigenvalue weighted by atomic mass is 10.1. The molecule has 0 aliphatic carbocycles. The third-order valence-corrected chi connectivity index (χ3v) is 4.45. The highest BCUT2D eigenvalue weighted by Gasteiger charge is 2.25. The van der Waals surface area contributed by atoms with Gasteiger partial charge in [-0.05, 0) is 18.1 Å². The predicted octanol–water partition coefficient (Wildman–Crippen LogP) is 1.13. The number of nitro benzene ring substituents is 1. The highest BCUT2D eigenvalue weighted by atomic mass is 32.2. The van der Waals surface area contributed by atoms with Crippen molar-refractivity contribution in [3.8, 4) is 0 Å². The monoisotopic (exact) mass is 317 g/mol. The smallest absolute Gasteiger partial charge is 0.293 e. The maximum Gasteiger partial charge on any atom is 0.293 e. The number of nitrogen functional groups attached to an aromatic ring is 1.